The molecule has 1 aliphatic rings. The number of nitrogens with two attached hydrogens (primary N) is 1. The van der Waals surface area contributed by atoms with E-state index in [-0.39, 0.29) is 11.5 Å². The van der Waals surface area contributed by atoms with Gasteiger partial charge in [-0.25, -0.2) is 0 Å². The molecule has 0 spiro atoms. The van der Waals surface area contributed by atoms with Gasteiger partial charge in [-0.3, -0.25) is 0 Å². The minimum absolute atomic E-state index is 0.0662. The van der Waals surface area contributed by atoms with Crippen molar-refractivity contribution in [2.24, 2.45) is 11.1 Å². The van der Waals surface area contributed by atoms with Crippen LogP contribution in [0.15, 0.2) is 0 Å². The largest absolute Gasteiger partial charge is 0.393 e. The average molecular weight is 115 g/mol. The van der Waals surface area contributed by atoms with E-state index >= 15 is 0 Å². The second kappa shape index (κ2) is 1.71. The Balaban J connectivity index is 2.30. The van der Waals surface area contributed by atoms with Gasteiger partial charge in [-0.1, -0.05) is 6.92 Å². The molecular weight excluding hydrogens is 102 g/mol. The van der Waals surface area contributed by atoms with E-state index in [9.17, 15) is 0 Å². The fraction of sp³-hybridized carbons (Fsp3) is 1.00. The van der Waals surface area contributed by atoms with Gasteiger partial charge in [0, 0.05) is 0 Å². The first-order valence-corrected chi connectivity index (χ1v) is 3.04. The van der Waals surface area contributed by atoms with Gasteiger partial charge in [-0.2, -0.15) is 0 Å². The van der Waals surface area contributed by atoms with Crippen LogP contribution in [0, 0.1) is 5.41 Å². The molecule has 0 aromatic rings. The molecule has 0 atom stereocenters. The van der Waals surface area contributed by atoms with Gasteiger partial charge in [0.05, 0.1) is 6.10 Å². The van der Waals surface area contributed by atoms with E-state index in [1.54, 1.807) is 0 Å². The maximum atomic E-state index is 8.86. The van der Waals surface area contributed by atoms with Gasteiger partial charge < -0.3 is 10.8 Å². The Morgan fingerprint density at radius 3 is 2.38 bits per heavy atom. The minimum atomic E-state index is -0.0662. The predicted octanol–water partition coefficient (Wildman–Crippen LogP) is 0.106. The van der Waals surface area contributed by atoms with Crippen molar-refractivity contribution < 1.29 is 5.11 Å². The van der Waals surface area contributed by atoms with Crippen LogP contribution in [0.3, 0.4) is 0 Å². The van der Waals surface area contributed by atoms with Crippen LogP contribution in [0.5, 0.6) is 0 Å². The molecule has 0 saturated heterocycles. The third-order valence-corrected chi connectivity index (χ3v) is 1.95. The Labute approximate surface area is 49.7 Å². The number of hydrogen-bond acceptors (Lipinski definition) is 2. The van der Waals surface area contributed by atoms with Gasteiger partial charge in [-0.15, -0.1) is 0 Å². The molecule has 0 aromatic carbocycles. The molecule has 0 bridgehead atoms. The standard InChI is InChI=1S/C6H13NO/c1-6(4-7)2-5(8)3-6/h5,8H,2-4,7H2,1H3. The van der Waals surface area contributed by atoms with Gasteiger partial charge in [0.1, 0.15) is 0 Å². The van der Waals surface area contributed by atoms with Crippen molar-refractivity contribution in [2.45, 2.75) is 25.9 Å². The van der Waals surface area contributed by atoms with Crippen molar-refractivity contribution in [3.05, 3.63) is 0 Å². The molecule has 8 heavy (non-hydrogen) atoms. The highest BCUT2D eigenvalue weighted by molar-refractivity contribution is 4.90. The first-order valence-electron chi connectivity index (χ1n) is 3.04. The lowest BCUT2D eigenvalue weighted by Crippen LogP contribution is -2.43. The summed E-state index contributed by atoms with van der Waals surface area (Å²) in [6.45, 7) is 2.82. The Hall–Kier alpha value is -0.0800. The Bertz CT molecular complexity index is 86.5. The van der Waals surface area contributed by atoms with E-state index in [0.29, 0.717) is 6.54 Å². The molecule has 0 heterocycles. The third-order valence-electron chi connectivity index (χ3n) is 1.95. The summed E-state index contributed by atoms with van der Waals surface area (Å²) in [4.78, 5) is 0. The first-order chi connectivity index (χ1) is 3.66. The molecule has 48 valence electrons. The van der Waals surface area contributed by atoms with Crippen LogP contribution in [-0.4, -0.2) is 17.8 Å². The van der Waals surface area contributed by atoms with Gasteiger partial charge in [0.2, 0.25) is 0 Å². The maximum absolute atomic E-state index is 8.86. The summed E-state index contributed by atoms with van der Waals surface area (Å²) in [6, 6.07) is 0. The summed E-state index contributed by atoms with van der Waals surface area (Å²) in [7, 11) is 0. The average Bonchev–Trinajstić information content (AvgIpc) is 1.63. The predicted molar refractivity (Wildman–Crippen MR) is 32.4 cm³/mol. The second-order valence-corrected chi connectivity index (χ2v) is 3.08. The Kier molecular flexibility index (Phi) is 1.29. The molecule has 1 fully saturated rings. The summed E-state index contributed by atoms with van der Waals surface area (Å²) in [5.74, 6) is 0. The normalized spacial score (nSPS) is 46.1. The summed E-state index contributed by atoms with van der Waals surface area (Å²) in [5, 5.41) is 8.86. The molecule has 0 unspecified atom stereocenters. The van der Waals surface area contributed by atoms with Gasteiger partial charge in [0.25, 0.3) is 0 Å². The zero-order valence-corrected chi connectivity index (χ0v) is 5.22. The van der Waals surface area contributed by atoms with E-state index in [4.69, 9.17) is 10.8 Å². The monoisotopic (exact) mass is 115 g/mol. The van der Waals surface area contributed by atoms with Crippen LogP contribution in [0.25, 0.3) is 0 Å². The minimum Gasteiger partial charge on any atom is -0.393 e. The van der Waals surface area contributed by atoms with Gasteiger partial charge >= 0.3 is 0 Å². The van der Waals surface area contributed by atoms with E-state index in [2.05, 4.69) is 6.92 Å². The van der Waals surface area contributed by atoms with Crippen molar-refractivity contribution in [3.63, 3.8) is 0 Å². The van der Waals surface area contributed by atoms with Crippen molar-refractivity contribution in [3.8, 4) is 0 Å². The molecule has 0 aliphatic heterocycles. The van der Waals surface area contributed by atoms with Crippen molar-refractivity contribution in [1.82, 2.24) is 0 Å². The van der Waals surface area contributed by atoms with E-state index in [0.717, 1.165) is 12.8 Å². The lowest BCUT2D eigenvalue weighted by molar-refractivity contribution is -0.0142. The van der Waals surface area contributed by atoms with Crippen molar-refractivity contribution >= 4 is 0 Å². The molecule has 2 nitrogen and oxygen atoms in total. The van der Waals surface area contributed by atoms with Crippen LogP contribution < -0.4 is 5.73 Å². The maximum Gasteiger partial charge on any atom is 0.0551 e. The van der Waals surface area contributed by atoms with Gasteiger partial charge in [-0.05, 0) is 24.8 Å². The molecule has 0 amide bonds. The number of aliphatic hydroxyl groups is 1. The summed E-state index contributed by atoms with van der Waals surface area (Å²) < 4.78 is 0. The highest BCUT2D eigenvalue weighted by Gasteiger charge is 2.37. The SMILES string of the molecule is CC1(CN)CC(O)C1. The number of aliphatic hydroxyl groups excluding tert-OH is 1. The second-order valence-electron chi connectivity index (χ2n) is 3.08. The molecular formula is C6H13NO. The van der Waals surface area contributed by atoms with Crippen LogP contribution >= 0.6 is 0 Å². The highest BCUT2D eigenvalue weighted by atomic mass is 16.3. The summed E-state index contributed by atoms with van der Waals surface area (Å²) in [5.41, 5.74) is 5.68. The van der Waals surface area contributed by atoms with Crippen LogP contribution in [-0.2, 0) is 0 Å². The zero-order valence-electron chi connectivity index (χ0n) is 5.22. The molecule has 1 saturated carbocycles. The smallest absolute Gasteiger partial charge is 0.0551 e. The molecule has 1 aliphatic carbocycles. The Morgan fingerprint density at radius 1 is 1.75 bits per heavy atom. The van der Waals surface area contributed by atoms with Crippen LogP contribution in [0.1, 0.15) is 19.8 Å². The molecule has 3 N–H and O–H groups in total. The lowest BCUT2D eigenvalue weighted by Gasteiger charge is -2.41. The fourth-order valence-electron chi connectivity index (χ4n) is 1.24. The number of rotatable bonds is 1. The van der Waals surface area contributed by atoms with Crippen molar-refractivity contribution in [1.29, 1.82) is 0 Å². The molecule has 1 rings (SSSR count). The van der Waals surface area contributed by atoms with Crippen LogP contribution in [0.2, 0.25) is 0 Å². The number of hydrogen-bond donors (Lipinski definition) is 2. The lowest BCUT2D eigenvalue weighted by atomic mass is 9.68. The molecule has 0 radical (unpaired) electrons. The molecule has 2 heteroatoms. The van der Waals surface area contributed by atoms with Crippen molar-refractivity contribution in [2.75, 3.05) is 6.54 Å². The topological polar surface area (TPSA) is 46.2 Å². The summed E-state index contributed by atoms with van der Waals surface area (Å²) >= 11 is 0. The van der Waals surface area contributed by atoms with Crippen LogP contribution in [0.4, 0.5) is 0 Å². The van der Waals surface area contributed by atoms with E-state index in [1.807, 2.05) is 0 Å². The fourth-order valence-corrected chi connectivity index (χ4v) is 1.24. The zero-order chi connectivity index (χ0) is 6.20. The Morgan fingerprint density at radius 2 is 2.25 bits per heavy atom. The first kappa shape index (κ1) is 6.05. The third kappa shape index (κ3) is 0.858. The quantitative estimate of drug-likeness (QED) is 0.509. The highest BCUT2D eigenvalue weighted by Crippen LogP contribution is 2.39. The van der Waals surface area contributed by atoms with Gasteiger partial charge in [0.15, 0.2) is 0 Å². The van der Waals surface area contributed by atoms with E-state index in [1.165, 1.54) is 0 Å². The summed E-state index contributed by atoms with van der Waals surface area (Å²) in [6.07, 6.45) is 1.72. The van der Waals surface area contributed by atoms with E-state index < -0.39 is 0 Å². The molecule has 0 aromatic heterocycles.